The van der Waals surface area contributed by atoms with Crippen molar-refractivity contribution in [1.29, 1.82) is 0 Å². The second kappa shape index (κ2) is 7.45. The van der Waals surface area contributed by atoms with Gasteiger partial charge >= 0.3 is 12.1 Å². The van der Waals surface area contributed by atoms with E-state index in [0.717, 1.165) is 12.1 Å². The molecule has 1 fully saturated rings. The minimum absolute atomic E-state index is 0.0536. The van der Waals surface area contributed by atoms with Crippen LogP contribution >= 0.6 is 0 Å². The molecule has 138 valence electrons. The summed E-state index contributed by atoms with van der Waals surface area (Å²) < 4.78 is 38.5. The van der Waals surface area contributed by atoms with Crippen molar-refractivity contribution in [1.82, 2.24) is 4.90 Å². The van der Waals surface area contributed by atoms with Crippen LogP contribution < -0.4 is 0 Å². The Morgan fingerprint density at radius 3 is 2.60 bits per heavy atom. The van der Waals surface area contributed by atoms with Crippen molar-refractivity contribution < 1.29 is 27.9 Å². The van der Waals surface area contributed by atoms with Crippen molar-refractivity contribution in [3.8, 4) is 0 Å². The minimum atomic E-state index is -4.42. The number of amides is 1. The number of hydrogen-bond donors (Lipinski definition) is 1. The molecule has 4 nitrogen and oxygen atoms in total. The van der Waals surface area contributed by atoms with Gasteiger partial charge in [-0.25, -0.2) is 0 Å². The molecular weight excluding hydrogens is 335 g/mol. The highest BCUT2D eigenvalue weighted by Crippen LogP contribution is 2.32. The fourth-order valence-corrected chi connectivity index (χ4v) is 3.17. The van der Waals surface area contributed by atoms with Crippen molar-refractivity contribution in [3.63, 3.8) is 0 Å². The molecule has 1 aliphatic rings. The fraction of sp³-hybridized carbons (Fsp3) is 0.556. The van der Waals surface area contributed by atoms with Crippen molar-refractivity contribution in [2.75, 3.05) is 6.54 Å². The molecule has 1 aliphatic heterocycles. The number of carboxylic acid groups (broad SMARTS) is 1. The van der Waals surface area contributed by atoms with Crippen LogP contribution in [0.15, 0.2) is 24.3 Å². The van der Waals surface area contributed by atoms with Gasteiger partial charge in [0.15, 0.2) is 0 Å². The monoisotopic (exact) mass is 357 g/mol. The quantitative estimate of drug-likeness (QED) is 0.889. The number of hydrogen-bond acceptors (Lipinski definition) is 2. The Bertz CT molecular complexity index is 645. The van der Waals surface area contributed by atoms with Gasteiger partial charge in [-0.05, 0) is 37.3 Å². The molecule has 0 radical (unpaired) electrons. The lowest BCUT2D eigenvalue weighted by Gasteiger charge is -2.37. The van der Waals surface area contributed by atoms with Crippen molar-refractivity contribution in [2.24, 2.45) is 5.92 Å². The Hall–Kier alpha value is -2.05. The zero-order chi connectivity index (χ0) is 18.8. The number of nitrogens with zero attached hydrogens (tertiary/aromatic N) is 1. The number of likely N-dealkylation sites (tertiary alicyclic amines) is 1. The van der Waals surface area contributed by atoms with Crippen molar-refractivity contribution >= 4 is 11.9 Å². The number of carboxylic acids is 1. The maximum atomic E-state index is 12.8. The van der Waals surface area contributed by atoms with Gasteiger partial charge in [-0.3, -0.25) is 9.59 Å². The molecule has 1 N–H and O–H groups in total. The van der Waals surface area contributed by atoms with E-state index in [-0.39, 0.29) is 30.8 Å². The molecule has 0 aromatic heterocycles. The molecule has 3 unspecified atom stereocenters. The smallest absolute Gasteiger partial charge is 0.416 e. The van der Waals surface area contributed by atoms with Crippen LogP contribution in [0.3, 0.4) is 0 Å². The number of piperidine rings is 1. The van der Waals surface area contributed by atoms with Gasteiger partial charge in [-0.2, -0.15) is 13.2 Å². The number of halogens is 3. The summed E-state index contributed by atoms with van der Waals surface area (Å²) in [6.45, 7) is 3.73. The van der Waals surface area contributed by atoms with Crippen LogP contribution in [0.4, 0.5) is 13.2 Å². The van der Waals surface area contributed by atoms with Gasteiger partial charge in [0, 0.05) is 19.0 Å². The molecule has 3 atom stereocenters. The van der Waals surface area contributed by atoms with Crippen LogP contribution in [0.25, 0.3) is 0 Å². The first-order valence-corrected chi connectivity index (χ1v) is 8.29. The van der Waals surface area contributed by atoms with Gasteiger partial charge in [0.2, 0.25) is 5.91 Å². The molecule has 2 rings (SSSR count). The Balaban J connectivity index is 2.08. The largest absolute Gasteiger partial charge is 0.481 e. The number of carbonyl (C=O) groups excluding carboxylic acids is 1. The van der Waals surface area contributed by atoms with E-state index < -0.39 is 23.6 Å². The van der Waals surface area contributed by atoms with Gasteiger partial charge in [0.1, 0.15) is 0 Å². The molecule has 1 aromatic carbocycles. The molecule has 1 saturated heterocycles. The van der Waals surface area contributed by atoms with E-state index in [1.165, 1.54) is 6.07 Å². The summed E-state index contributed by atoms with van der Waals surface area (Å²) in [5.74, 6) is -2.10. The predicted molar refractivity (Wildman–Crippen MR) is 86.0 cm³/mol. The molecule has 1 heterocycles. The highest BCUT2D eigenvalue weighted by molar-refractivity contribution is 5.79. The minimum Gasteiger partial charge on any atom is -0.481 e. The summed E-state index contributed by atoms with van der Waals surface area (Å²) in [6.07, 6.45) is -3.22. The van der Waals surface area contributed by atoms with E-state index in [0.29, 0.717) is 18.4 Å². The van der Waals surface area contributed by atoms with Crippen LogP contribution in [-0.2, 0) is 15.8 Å². The maximum absolute atomic E-state index is 12.8. The van der Waals surface area contributed by atoms with E-state index >= 15 is 0 Å². The number of alkyl halides is 3. The standard InChI is InChI=1S/C18H22F3NO3/c1-11(13-4-3-5-15(9-13)18(19,20)21)8-16(23)22-10-14(17(24)25)7-6-12(22)2/h3-5,9,11-12,14H,6-8,10H2,1-2H3,(H,24,25). The molecule has 0 bridgehead atoms. The first-order chi connectivity index (χ1) is 11.6. The van der Waals surface area contributed by atoms with Gasteiger partial charge in [-0.15, -0.1) is 0 Å². The van der Waals surface area contributed by atoms with E-state index in [2.05, 4.69) is 0 Å². The molecular formula is C18H22F3NO3. The van der Waals surface area contributed by atoms with Gasteiger partial charge in [-0.1, -0.05) is 25.1 Å². The Morgan fingerprint density at radius 2 is 2.00 bits per heavy atom. The van der Waals surface area contributed by atoms with E-state index in [1.54, 1.807) is 17.9 Å². The molecule has 7 heteroatoms. The zero-order valence-corrected chi connectivity index (χ0v) is 14.2. The Labute approximate surface area is 144 Å². The van der Waals surface area contributed by atoms with E-state index in [4.69, 9.17) is 5.11 Å². The topological polar surface area (TPSA) is 57.6 Å². The third-order valence-corrected chi connectivity index (χ3v) is 4.82. The SMILES string of the molecule is CC(CC(=O)N1CC(C(=O)O)CCC1C)c1cccc(C(F)(F)F)c1. The summed E-state index contributed by atoms with van der Waals surface area (Å²) in [7, 11) is 0. The molecule has 0 saturated carbocycles. The van der Waals surface area contributed by atoms with Crippen LogP contribution in [0.1, 0.15) is 50.2 Å². The summed E-state index contributed by atoms with van der Waals surface area (Å²) in [5, 5.41) is 9.15. The molecule has 1 aromatic rings. The average molecular weight is 357 g/mol. The fourth-order valence-electron chi connectivity index (χ4n) is 3.17. The summed E-state index contributed by atoms with van der Waals surface area (Å²) >= 11 is 0. The zero-order valence-electron chi connectivity index (χ0n) is 14.2. The normalized spacial score (nSPS) is 22.5. The lowest BCUT2D eigenvalue weighted by Crippen LogP contribution is -2.47. The Morgan fingerprint density at radius 1 is 1.32 bits per heavy atom. The molecule has 25 heavy (non-hydrogen) atoms. The van der Waals surface area contributed by atoms with Crippen molar-refractivity contribution in [3.05, 3.63) is 35.4 Å². The summed E-state index contributed by atoms with van der Waals surface area (Å²) in [5.41, 5.74) is -0.288. The summed E-state index contributed by atoms with van der Waals surface area (Å²) in [4.78, 5) is 25.3. The van der Waals surface area contributed by atoms with Crippen LogP contribution in [-0.4, -0.2) is 34.5 Å². The second-order valence-corrected chi connectivity index (χ2v) is 6.74. The third kappa shape index (κ3) is 4.74. The van der Waals surface area contributed by atoms with Crippen LogP contribution in [0, 0.1) is 5.92 Å². The highest BCUT2D eigenvalue weighted by atomic mass is 19.4. The number of rotatable bonds is 4. The molecule has 1 amide bonds. The van der Waals surface area contributed by atoms with Gasteiger partial charge in [0.25, 0.3) is 0 Å². The second-order valence-electron chi connectivity index (χ2n) is 6.74. The third-order valence-electron chi connectivity index (χ3n) is 4.82. The number of aliphatic carboxylic acids is 1. The van der Waals surface area contributed by atoms with Crippen LogP contribution in [0.5, 0.6) is 0 Å². The number of carbonyl (C=O) groups is 2. The lowest BCUT2D eigenvalue weighted by atomic mass is 9.91. The van der Waals surface area contributed by atoms with Crippen molar-refractivity contribution in [2.45, 2.75) is 51.2 Å². The van der Waals surface area contributed by atoms with Gasteiger partial charge < -0.3 is 10.0 Å². The summed E-state index contributed by atoms with van der Waals surface area (Å²) in [6, 6.07) is 4.92. The van der Waals surface area contributed by atoms with E-state index in [9.17, 15) is 22.8 Å². The lowest BCUT2D eigenvalue weighted by molar-refractivity contribution is -0.147. The first-order valence-electron chi connectivity index (χ1n) is 8.29. The predicted octanol–water partition coefficient (Wildman–Crippen LogP) is 3.91. The maximum Gasteiger partial charge on any atom is 0.416 e. The Kier molecular flexibility index (Phi) is 5.75. The number of benzene rings is 1. The first kappa shape index (κ1) is 19.3. The molecule has 0 aliphatic carbocycles. The van der Waals surface area contributed by atoms with E-state index in [1.807, 2.05) is 6.92 Å². The highest BCUT2D eigenvalue weighted by Gasteiger charge is 2.34. The van der Waals surface area contributed by atoms with Crippen LogP contribution in [0.2, 0.25) is 0 Å². The molecule has 0 spiro atoms. The average Bonchev–Trinajstić information content (AvgIpc) is 2.54. The van der Waals surface area contributed by atoms with Gasteiger partial charge in [0.05, 0.1) is 11.5 Å².